The van der Waals surface area contributed by atoms with Crippen molar-refractivity contribution < 1.29 is 9.53 Å². The van der Waals surface area contributed by atoms with Crippen LogP contribution in [0, 0.1) is 0 Å². The molecule has 146 valence electrons. The molecule has 1 aliphatic rings. The molecule has 0 bridgehead atoms. The van der Waals surface area contributed by atoms with Crippen molar-refractivity contribution in [1.29, 1.82) is 0 Å². The number of hydrogen-bond donors (Lipinski definition) is 1. The van der Waals surface area contributed by atoms with Crippen molar-refractivity contribution in [1.82, 2.24) is 19.8 Å². The van der Waals surface area contributed by atoms with Gasteiger partial charge in [-0.3, -0.25) is 4.90 Å². The van der Waals surface area contributed by atoms with Crippen molar-refractivity contribution in [3.05, 3.63) is 48.2 Å². The fourth-order valence-corrected chi connectivity index (χ4v) is 4.31. The van der Waals surface area contributed by atoms with Crippen molar-refractivity contribution in [3.8, 4) is 10.9 Å². The molecule has 2 amide bonds. The lowest BCUT2D eigenvalue weighted by Crippen LogP contribution is -2.58. The zero-order valence-corrected chi connectivity index (χ0v) is 16.7. The summed E-state index contributed by atoms with van der Waals surface area (Å²) in [5, 5.41) is 0.589. The molecule has 0 aliphatic carbocycles. The molecular formula is C20H23N5O2S. The molecule has 0 unspecified atom stereocenters. The van der Waals surface area contributed by atoms with Crippen LogP contribution in [0.15, 0.2) is 42.6 Å². The van der Waals surface area contributed by atoms with Crippen LogP contribution in [0.4, 0.5) is 4.79 Å². The van der Waals surface area contributed by atoms with E-state index in [0.717, 1.165) is 23.5 Å². The molecule has 2 aromatic heterocycles. The maximum atomic E-state index is 11.5. The van der Waals surface area contributed by atoms with E-state index in [2.05, 4.69) is 33.9 Å². The first kappa shape index (κ1) is 18.6. The molecule has 1 fully saturated rings. The molecule has 4 rings (SSSR count). The fourth-order valence-electron chi connectivity index (χ4n) is 3.52. The Hall–Kier alpha value is -2.71. The van der Waals surface area contributed by atoms with Gasteiger partial charge in [-0.15, -0.1) is 0 Å². The van der Waals surface area contributed by atoms with Crippen LogP contribution in [0.2, 0.25) is 0 Å². The number of thiazole rings is 1. The lowest BCUT2D eigenvalue weighted by Gasteiger charge is -2.43. The molecule has 1 aromatic carbocycles. The average Bonchev–Trinajstić information content (AvgIpc) is 3.08. The third-order valence-electron chi connectivity index (χ3n) is 5.06. The van der Waals surface area contributed by atoms with Crippen molar-refractivity contribution in [2.75, 3.05) is 13.1 Å². The Morgan fingerprint density at radius 1 is 1.21 bits per heavy atom. The summed E-state index contributed by atoms with van der Waals surface area (Å²) in [6.07, 6.45) is 1.73. The molecule has 8 heteroatoms. The van der Waals surface area contributed by atoms with Crippen molar-refractivity contribution in [2.45, 2.75) is 32.5 Å². The van der Waals surface area contributed by atoms with Crippen LogP contribution in [0.3, 0.4) is 0 Å². The number of aromatic nitrogens is 2. The number of nitrogens with zero attached hydrogens (tertiary/aromatic N) is 4. The number of nitrogens with two attached hydrogens (primary N) is 1. The van der Waals surface area contributed by atoms with E-state index >= 15 is 0 Å². The molecule has 2 atom stereocenters. The molecular weight excluding hydrogens is 374 g/mol. The monoisotopic (exact) mass is 397 g/mol. The summed E-state index contributed by atoms with van der Waals surface area (Å²) in [7, 11) is 0. The molecule has 0 spiro atoms. The number of pyridine rings is 1. The van der Waals surface area contributed by atoms with Gasteiger partial charge in [0, 0.05) is 37.9 Å². The van der Waals surface area contributed by atoms with Gasteiger partial charge in [0.1, 0.15) is 5.75 Å². The summed E-state index contributed by atoms with van der Waals surface area (Å²) in [5.74, 6) is 0.753. The summed E-state index contributed by atoms with van der Waals surface area (Å²) in [6.45, 7) is 6.45. The standard InChI is InChI=1S/C20H23N5O2S/c1-13-11-25(19(21)26)14(2)10-24(13)12-15-5-7-16(8-6-15)27-20-23-18-17(28-20)4-3-9-22-18/h3-9,13-14H,10-12H2,1-2H3,(H2,21,26)/t13-,14-/m1/s1. The van der Waals surface area contributed by atoms with Gasteiger partial charge in [0.2, 0.25) is 0 Å². The summed E-state index contributed by atoms with van der Waals surface area (Å²) in [4.78, 5) is 24.3. The van der Waals surface area contributed by atoms with E-state index in [-0.39, 0.29) is 18.1 Å². The number of ether oxygens (including phenoxy) is 1. The Labute approximate surface area is 167 Å². The largest absolute Gasteiger partial charge is 0.431 e. The Kier molecular flexibility index (Phi) is 5.15. The van der Waals surface area contributed by atoms with Crippen LogP contribution in [-0.4, -0.2) is 51.0 Å². The molecule has 0 radical (unpaired) electrons. The van der Waals surface area contributed by atoms with Crippen LogP contribution in [0.5, 0.6) is 10.9 Å². The molecule has 3 heterocycles. The zero-order valence-electron chi connectivity index (χ0n) is 15.9. The predicted molar refractivity (Wildman–Crippen MR) is 110 cm³/mol. The summed E-state index contributed by atoms with van der Waals surface area (Å²) in [5.41, 5.74) is 7.37. The molecule has 3 aromatic rings. The normalized spacial score (nSPS) is 20.4. The number of carbonyl (C=O) groups excluding carboxylic acids is 1. The minimum absolute atomic E-state index is 0.115. The third kappa shape index (κ3) is 3.93. The average molecular weight is 398 g/mol. The van der Waals surface area contributed by atoms with Gasteiger partial charge in [-0.1, -0.05) is 23.5 Å². The van der Waals surface area contributed by atoms with Gasteiger partial charge >= 0.3 is 6.03 Å². The van der Waals surface area contributed by atoms with Gasteiger partial charge in [-0.05, 0) is 43.7 Å². The van der Waals surface area contributed by atoms with Crippen molar-refractivity contribution in [3.63, 3.8) is 0 Å². The van der Waals surface area contributed by atoms with E-state index in [4.69, 9.17) is 10.5 Å². The van der Waals surface area contributed by atoms with E-state index in [1.165, 1.54) is 16.9 Å². The van der Waals surface area contributed by atoms with Crippen molar-refractivity contribution in [2.24, 2.45) is 5.73 Å². The Morgan fingerprint density at radius 2 is 2.00 bits per heavy atom. The van der Waals surface area contributed by atoms with Crippen LogP contribution in [0.25, 0.3) is 10.3 Å². The van der Waals surface area contributed by atoms with E-state index in [9.17, 15) is 4.79 Å². The first-order valence-corrected chi connectivity index (χ1v) is 10.1. The van der Waals surface area contributed by atoms with Gasteiger partial charge in [-0.2, -0.15) is 4.98 Å². The number of piperazine rings is 1. The van der Waals surface area contributed by atoms with E-state index in [1.54, 1.807) is 11.1 Å². The summed E-state index contributed by atoms with van der Waals surface area (Å²) in [6, 6.07) is 12.0. The number of carbonyl (C=O) groups is 1. The number of urea groups is 1. The minimum Gasteiger partial charge on any atom is -0.431 e. The number of fused-ring (bicyclic) bond motifs is 1. The van der Waals surface area contributed by atoms with Crippen LogP contribution >= 0.6 is 11.3 Å². The quantitative estimate of drug-likeness (QED) is 0.729. The van der Waals surface area contributed by atoms with E-state index < -0.39 is 0 Å². The third-order valence-corrected chi connectivity index (χ3v) is 5.95. The number of hydrogen-bond acceptors (Lipinski definition) is 6. The second kappa shape index (κ2) is 7.73. The number of amides is 2. The highest BCUT2D eigenvalue weighted by Gasteiger charge is 2.30. The molecule has 1 saturated heterocycles. The highest BCUT2D eigenvalue weighted by molar-refractivity contribution is 7.20. The first-order valence-electron chi connectivity index (χ1n) is 9.28. The lowest BCUT2D eigenvalue weighted by atomic mass is 10.1. The maximum absolute atomic E-state index is 11.5. The molecule has 7 nitrogen and oxygen atoms in total. The summed E-state index contributed by atoms with van der Waals surface area (Å²) >= 11 is 1.48. The Balaban J connectivity index is 1.40. The number of benzene rings is 1. The maximum Gasteiger partial charge on any atom is 0.315 e. The highest BCUT2D eigenvalue weighted by Crippen LogP contribution is 2.30. The zero-order chi connectivity index (χ0) is 19.7. The molecule has 28 heavy (non-hydrogen) atoms. The second-order valence-corrected chi connectivity index (χ2v) is 8.16. The Bertz CT molecular complexity index is 941. The smallest absolute Gasteiger partial charge is 0.315 e. The first-order chi connectivity index (χ1) is 13.5. The van der Waals surface area contributed by atoms with Gasteiger partial charge in [0.05, 0.1) is 4.70 Å². The van der Waals surface area contributed by atoms with Gasteiger partial charge in [0.15, 0.2) is 5.65 Å². The van der Waals surface area contributed by atoms with E-state index in [1.807, 2.05) is 31.2 Å². The van der Waals surface area contributed by atoms with Crippen LogP contribution in [0.1, 0.15) is 19.4 Å². The number of primary amides is 1. The lowest BCUT2D eigenvalue weighted by molar-refractivity contribution is 0.0612. The predicted octanol–water partition coefficient (Wildman–Crippen LogP) is 3.46. The van der Waals surface area contributed by atoms with Gasteiger partial charge < -0.3 is 15.4 Å². The molecule has 2 N–H and O–H groups in total. The molecule has 1 aliphatic heterocycles. The number of rotatable bonds is 4. The van der Waals surface area contributed by atoms with Gasteiger partial charge in [-0.25, -0.2) is 9.78 Å². The summed E-state index contributed by atoms with van der Waals surface area (Å²) < 4.78 is 6.89. The van der Waals surface area contributed by atoms with Crippen molar-refractivity contribution >= 4 is 27.7 Å². The minimum atomic E-state index is -0.342. The van der Waals surface area contributed by atoms with Crippen LogP contribution < -0.4 is 10.5 Å². The fraction of sp³-hybridized carbons (Fsp3) is 0.350. The van der Waals surface area contributed by atoms with E-state index in [0.29, 0.717) is 17.4 Å². The topological polar surface area (TPSA) is 84.6 Å². The Morgan fingerprint density at radius 3 is 2.71 bits per heavy atom. The van der Waals surface area contributed by atoms with Crippen LogP contribution in [-0.2, 0) is 6.54 Å². The molecule has 0 saturated carbocycles. The second-order valence-electron chi connectivity index (χ2n) is 7.17. The highest BCUT2D eigenvalue weighted by atomic mass is 32.1. The van der Waals surface area contributed by atoms with Gasteiger partial charge in [0.25, 0.3) is 5.19 Å². The SMILES string of the molecule is C[C@@H]1CN(C(N)=O)[C@H](C)CN1Cc1ccc(Oc2nc3ncccc3s2)cc1.